The number of nitrogens with one attached hydrogen (secondary N) is 1. The minimum absolute atomic E-state index is 0.0673. The average molecular weight is 239 g/mol. The molecule has 1 aliphatic heterocycles. The molecule has 0 aromatic carbocycles. The summed E-state index contributed by atoms with van der Waals surface area (Å²) in [6.45, 7) is 7.59. The minimum atomic E-state index is 0.0673. The first kappa shape index (κ1) is 12.0. The summed E-state index contributed by atoms with van der Waals surface area (Å²) in [4.78, 5) is 8.48. The van der Waals surface area contributed by atoms with Crippen LogP contribution < -0.4 is 5.32 Å². The number of rotatable bonds is 2. The predicted octanol–water partition coefficient (Wildman–Crippen LogP) is 1.90. The highest BCUT2D eigenvalue weighted by Crippen LogP contribution is 2.37. The zero-order valence-electron chi connectivity index (χ0n) is 10.8. The van der Waals surface area contributed by atoms with Gasteiger partial charge >= 0.3 is 0 Å². The Hall–Kier alpha value is -0.450. The molecule has 0 aliphatic carbocycles. The first-order valence-electron chi connectivity index (χ1n) is 5.82. The molecule has 0 radical (unpaired) electrons. The van der Waals surface area contributed by atoms with Crippen LogP contribution in [-0.2, 0) is 5.54 Å². The molecule has 0 spiro atoms. The van der Waals surface area contributed by atoms with Crippen LogP contribution in [0.15, 0.2) is 0 Å². The van der Waals surface area contributed by atoms with E-state index < -0.39 is 0 Å². The summed E-state index contributed by atoms with van der Waals surface area (Å²) >= 11 is 1.84. The Kier molecular flexibility index (Phi) is 3.07. The summed E-state index contributed by atoms with van der Waals surface area (Å²) < 4.78 is 0. The van der Waals surface area contributed by atoms with E-state index in [1.54, 1.807) is 0 Å². The zero-order chi connectivity index (χ0) is 11.9. The summed E-state index contributed by atoms with van der Waals surface area (Å²) in [6.07, 6.45) is 1.15. The minimum Gasteiger partial charge on any atom is -0.307 e. The van der Waals surface area contributed by atoms with Crippen molar-refractivity contribution < 1.29 is 0 Å². The van der Waals surface area contributed by atoms with Gasteiger partial charge in [0, 0.05) is 17.5 Å². The molecule has 1 aliphatic rings. The normalized spacial score (nSPS) is 31.2. The Bertz CT molecular complexity index is 356. The predicted molar refractivity (Wildman–Crippen MR) is 69.0 cm³/mol. The lowest BCUT2D eigenvalue weighted by atomic mass is 9.97. The highest BCUT2D eigenvalue weighted by Gasteiger charge is 2.43. The summed E-state index contributed by atoms with van der Waals surface area (Å²) in [5.74, 6) is 0. The number of hydrogen-bond donors (Lipinski definition) is 1. The van der Waals surface area contributed by atoms with E-state index in [0.717, 1.165) is 13.0 Å². The van der Waals surface area contributed by atoms with Gasteiger partial charge in [0.2, 0.25) is 0 Å². The number of aryl methyl sites for hydroxylation is 2. The second-order valence-electron chi connectivity index (χ2n) is 4.96. The lowest BCUT2D eigenvalue weighted by Crippen LogP contribution is -2.42. The standard InChI is InChI=1S/C12H21N3S/c1-8-6-12(13-4,7-15(8)5)11-14-9(2)10(3)16-11/h8,13H,6-7H2,1-5H3. The van der Waals surface area contributed by atoms with Crippen molar-refractivity contribution in [3.8, 4) is 0 Å². The Morgan fingerprint density at radius 2 is 2.19 bits per heavy atom. The van der Waals surface area contributed by atoms with Gasteiger partial charge in [-0.25, -0.2) is 4.98 Å². The highest BCUT2D eigenvalue weighted by molar-refractivity contribution is 7.11. The number of likely N-dealkylation sites (tertiary alicyclic amines) is 1. The van der Waals surface area contributed by atoms with Gasteiger partial charge in [-0.15, -0.1) is 11.3 Å². The van der Waals surface area contributed by atoms with E-state index in [-0.39, 0.29) is 5.54 Å². The highest BCUT2D eigenvalue weighted by atomic mass is 32.1. The fourth-order valence-electron chi connectivity index (χ4n) is 2.43. The number of thiazole rings is 1. The van der Waals surface area contributed by atoms with Gasteiger partial charge < -0.3 is 10.2 Å². The van der Waals surface area contributed by atoms with Crippen LogP contribution in [0.25, 0.3) is 0 Å². The van der Waals surface area contributed by atoms with Crippen LogP contribution in [0.3, 0.4) is 0 Å². The lowest BCUT2D eigenvalue weighted by molar-refractivity contribution is 0.307. The quantitative estimate of drug-likeness (QED) is 0.854. The third-order valence-corrected chi connectivity index (χ3v) is 5.11. The molecule has 0 bridgehead atoms. The third-order valence-electron chi connectivity index (χ3n) is 3.83. The van der Waals surface area contributed by atoms with Crippen LogP contribution in [0.4, 0.5) is 0 Å². The van der Waals surface area contributed by atoms with E-state index in [2.05, 4.69) is 45.1 Å². The van der Waals surface area contributed by atoms with E-state index in [0.29, 0.717) is 6.04 Å². The first-order chi connectivity index (χ1) is 7.48. The van der Waals surface area contributed by atoms with Gasteiger partial charge in [-0.05, 0) is 41.3 Å². The molecule has 4 heteroatoms. The van der Waals surface area contributed by atoms with Gasteiger partial charge in [0.15, 0.2) is 0 Å². The van der Waals surface area contributed by atoms with Crippen LogP contribution in [-0.4, -0.2) is 36.6 Å². The maximum absolute atomic E-state index is 4.73. The maximum atomic E-state index is 4.73. The number of hydrogen-bond acceptors (Lipinski definition) is 4. The van der Waals surface area contributed by atoms with Gasteiger partial charge in [-0.1, -0.05) is 0 Å². The molecule has 16 heavy (non-hydrogen) atoms. The van der Waals surface area contributed by atoms with Crippen molar-refractivity contribution in [2.24, 2.45) is 0 Å². The molecule has 2 heterocycles. The molecular weight excluding hydrogens is 218 g/mol. The van der Waals surface area contributed by atoms with Crippen molar-refractivity contribution in [2.75, 3.05) is 20.6 Å². The maximum Gasteiger partial charge on any atom is 0.115 e. The van der Waals surface area contributed by atoms with Gasteiger partial charge in [0.1, 0.15) is 5.01 Å². The van der Waals surface area contributed by atoms with Gasteiger partial charge in [-0.3, -0.25) is 0 Å². The van der Waals surface area contributed by atoms with Crippen molar-refractivity contribution in [1.82, 2.24) is 15.2 Å². The molecule has 1 N–H and O–H groups in total. The largest absolute Gasteiger partial charge is 0.307 e. The van der Waals surface area contributed by atoms with E-state index in [1.807, 2.05) is 11.3 Å². The van der Waals surface area contributed by atoms with Gasteiger partial charge in [0.25, 0.3) is 0 Å². The molecule has 1 saturated heterocycles. The topological polar surface area (TPSA) is 28.2 Å². The van der Waals surface area contributed by atoms with E-state index in [4.69, 9.17) is 4.98 Å². The van der Waals surface area contributed by atoms with Crippen LogP contribution in [0.5, 0.6) is 0 Å². The lowest BCUT2D eigenvalue weighted by Gasteiger charge is -2.26. The fourth-order valence-corrected chi connectivity index (χ4v) is 3.54. The molecule has 1 aromatic heterocycles. The van der Waals surface area contributed by atoms with Crippen LogP contribution in [0.2, 0.25) is 0 Å². The molecule has 2 rings (SSSR count). The molecule has 1 aromatic rings. The smallest absolute Gasteiger partial charge is 0.115 e. The molecule has 3 nitrogen and oxygen atoms in total. The molecular formula is C12H21N3S. The SMILES string of the molecule is CNC1(c2nc(C)c(C)s2)CC(C)N(C)C1. The van der Waals surface area contributed by atoms with Crippen molar-refractivity contribution in [1.29, 1.82) is 0 Å². The van der Waals surface area contributed by atoms with Crippen molar-refractivity contribution >= 4 is 11.3 Å². The van der Waals surface area contributed by atoms with Crippen molar-refractivity contribution in [3.05, 3.63) is 15.6 Å². The van der Waals surface area contributed by atoms with Crippen LogP contribution in [0.1, 0.15) is 28.9 Å². The average Bonchev–Trinajstić information content (AvgIpc) is 2.72. The second kappa shape index (κ2) is 4.09. The molecule has 2 unspecified atom stereocenters. The Balaban J connectivity index is 2.36. The van der Waals surface area contributed by atoms with Gasteiger partial charge in [0.05, 0.1) is 11.2 Å². The van der Waals surface area contributed by atoms with Crippen LogP contribution in [0, 0.1) is 13.8 Å². The van der Waals surface area contributed by atoms with E-state index in [1.165, 1.54) is 15.6 Å². The second-order valence-corrected chi connectivity index (χ2v) is 6.16. The fraction of sp³-hybridized carbons (Fsp3) is 0.750. The van der Waals surface area contributed by atoms with Crippen molar-refractivity contribution in [2.45, 2.75) is 38.8 Å². The first-order valence-corrected chi connectivity index (χ1v) is 6.64. The van der Waals surface area contributed by atoms with Crippen molar-refractivity contribution in [3.63, 3.8) is 0 Å². The summed E-state index contributed by atoms with van der Waals surface area (Å²) in [7, 11) is 4.25. The summed E-state index contributed by atoms with van der Waals surface area (Å²) in [5, 5.41) is 4.75. The molecule has 0 saturated carbocycles. The third kappa shape index (κ3) is 1.79. The number of likely N-dealkylation sites (N-methyl/N-ethyl adjacent to an activating group) is 2. The van der Waals surface area contributed by atoms with E-state index >= 15 is 0 Å². The Morgan fingerprint density at radius 3 is 2.56 bits per heavy atom. The molecule has 2 atom stereocenters. The summed E-state index contributed by atoms with van der Waals surface area (Å²) in [5.41, 5.74) is 1.24. The van der Waals surface area contributed by atoms with Crippen LogP contribution >= 0.6 is 11.3 Å². The van der Waals surface area contributed by atoms with E-state index in [9.17, 15) is 0 Å². The number of nitrogens with zero attached hydrogens (tertiary/aromatic N) is 2. The zero-order valence-corrected chi connectivity index (χ0v) is 11.6. The molecule has 0 amide bonds. The molecule has 90 valence electrons. The Morgan fingerprint density at radius 1 is 1.50 bits per heavy atom. The monoisotopic (exact) mass is 239 g/mol. The van der Waals surface area contributed by atoms with Gasteiger partial charge in [-0.2, -0.15) is 0 Å². The Labute approximate surface area is 102 Å². The molecule has 1 fully saturated rings. The summed E-state index contributed by atoms with van der Waals surface area (Å²) in [6, 6.07) is 0.622. The number of aromatic nitrogens is 1.